The summed E-state index contributed by atoms with van der Waals surface area (Å²) in [4.78, 5) is 12.7. The normalized spacial score (nSPS) is 27.4. The minimum atomic E-state index is -0.554. The number of aromatic hydroxyl groups is 1. The Balaban J connectivity index is 2.38. The first kappa shape index (κ1) is 14.7. The number of aliphatic hydroxyl groups is 1. The van der Waals surface area contributed by atoms with Gasteiger partial charge in [0.05, 0.1) is 13.2 Å². The lowest BCUT2D eigenvalue weighted by atomic mass is 9.72. The molecule has 1 heterocycles. The zero-order valence-corrected chi connectivity index (χ0v) is 12.0. The van der Waals surface area contributed by atoms with Crippen molar-refractivity contribution in [3.05, 3.63) is 23.8 Å². The number of methoxy groups -OCH3 is 1. The van der Waals surface area contributed by atoms with Crippen LogP contribution in [0.15, 0.2) is 18.2 Å². The van der Waals surface area contributed by atoms with Crippen LogP contribution in [-0.2, 0) is 4.79 Å². The topological polar surface area (TPSA) is 70.0 Å². The molecule has 20 heavy (non-hydrogen) atoms. The Bertz CT molecular complexity index is 503. The molecular formula is C15H21NO4. The van der Waals surface area contributed by atoms with Crippen LogP contribution in [0.2, 0.25) is 0 Å². The first-order chi connectivity index (χ1) is 9.42. The van der Waals surface area contributed by atoms with Crippen molar-refractivity contribution in [3.63, 3.8) is 0 Å². The van der Waals surface area contributed by atoms with Crippen molar-refractivity contribution in [1.82, 2.24) is 4.90 Å². The number of carbonyl (C=O) groups is 1. The van der Waals surface area contributed by atoms with Crippen LogP contribution in [0, 0.1) is 5.41 Å². The molecule has 2 rings (SSSR count). The summed E-state index contributed by atoms with van der Waals surface area (Å²) >= 11 is 0. The molecule has 5 nitrogen and oxygen atoms in total. The van der Waals surface area contributed by atoms with Gasteiger partial charge in [-0.3, -0.25) is 4.79 Å². The van der Waals surface area contributed by atoms with E-state index in [1.54, 1.807) is 24.0 Å². The van der Waals surface area contributed by atoms with Gasteiger partial charge in [-0.2, -0.15) is 0 Å². The van der Waals surface area contributed by atoms with Crippen molar-refractivity contribution in [3.8, 4) is 11.5 Å². The number of phenols is 1. The lowest BCUT2D eigenvalue weighted by Crippen LogP contribution is -2.36. The van der Waals surface area contributed by atoms with E-state index in [-0.39, 0.29) is 11.7 Å². The van der Waals surface area contributed by atoms with E-state index in [0.717, 1.165) is 12.0 Å². The van der Waals surface area contributed by atoms with Gasteiger partial charge in [-0.1, -0.05) is 13.0 Å². The number of likely N-dealkylation sites (tertiary alicyclic amines) is 1. The quantitative estimate of drug-likeness (QED) is 0.816. The number of phenolic OH excluding ortho intramolecular Hbond substituents is 1. The first-order valence-electron chi connectivity index (χ1n) is 6.66. The Hall–Kier alpha value is -1.75. The van der Waals surface area contributed by atoms with Crippen LogP contribution in [-0.4, -0.2) is 47.8 Å². The SMILES string of the molecule is COc1ccc([C@@H]2CN(C=O)C[C@@]2(C)C(C)O)cc1O. The van der Waals surface area contributed by atoms with E-state index in [1.165, 1.54) is 7.11 Å². The molecule has 1 aromatic rings. The summed E-state index contributed by atoms with van der Waals surface area (Å²) in [6.45, 7) is 4.75. The molecule has 0 spiro atoms. The van der Waals surface area contributed by atoms with Crippen LogP contribution in [0.25, 0.3) is 0 Å². The zero-order chi connectivity index (χ0) is 14.9. The van der Waals surface area contributed by atoms with Crippen molar-refractivity contribution < 1.29 is 19.7 Å². The molecule has 3 atom stereocenters. The molecule has 110 valence electrons. The molecule has 0 aromatic heterocycles. The van der Waals surface area contributed by atoms with Crippen LogP contribution in [0.5, 0.6) is 11.5 Å². The number of carbonyl (C=O) groups excluding carboxylic acids is 1. The Labute approximate surface area is 118 Å². The summed E-state index contributed by atoms with van der Waals surface area (Å²) < 4.78 is 5.04. The molecule has 1 aliphatic heterocycles. The van der Waals surface area contributed by atoms with E-state index < -0.39 is 11.5 Å². The van der Waals surface area contributed by atoms with Gasteiger partial charge in [0, 0.05) is 24.4 Å². The third kappa shape index (κ3) is 2.33. The van der Waals surface area contributed by atoms with Crippen molar-refractivity contribution in [2.45, 2.75) is 25.9 Å². The Morgan fingerprint density at radius 2 is 2.25 bits per heavy atom. The number of aliphatic hydroxyl groups excluding tert-OH is 1. The van der Waals surface area contributed by atoms with Crippen molar-refractivity contribution in [1.29, 1.82) is 0 Å². The van der Waals surface area contributed by atoms with Gasteiger partial charge in [-0.25, -0.2) is 0 Å². The number of rotatable bonds is 4. The third-order valence-corrected chi connectivity index (χ3v) is 4.47. The smallest absolute Gasteiger partial charge is 0.209 e. The largest absolute Gasteiger partial charge is 0.504 e. The number of benzene rings is 1. The van der Waals surface area contributed by atoms with Gasteiger partial charge in [0.25, 0.3) is 0 Å². The maximum Gasteiger partial charge on any atom is 0.209 e. The van der Waals surface area contributed by atoms with Gasteiger partial charge >= 0.3 is 0 Å². The van der Waals surface area contributed by atoms with Gasteiger partial charge in [0.2, 0.25) is 6.41 Å². The maximum absolute atomic E-state index is 11.0. The van der Waals surface area contributed by atoms with Crippen LogP contribution >= 0.6 is 0 Å². The van der Waals surface area contributed by atoms with Crippen LogP contribution < -0.4 is 4.74 Å². The lowest BCUT2D eigenvalue weighted by molar-refractivity contribution is -0.117. The minimum Gasteiger partial charge on any atom is -0.504 e. The standard InChI is InChI=1S/C15H21NO4/c1-10(18)15(2)8-16(9-17)7-12(15)11-4-5-14(20-3)13(19)6-11/h4-6,9-10,12,18-19H,7-8H2,1-3H3/t10?,12-,15-/m0/s1. The summed E-state index contributed by atoms with van der Waals surface area (Å²) in [5.41, 5.74) is 0.470. The Morgan fingerprint density at radius 3 is 2.75 bits per heavy atom. The fraction of sp³-hybridized carbons (Fsp3) is 0.533. The third-order valence-electron chi connectivity index (χ3n) is 4.47. The lowest BCUT2D eigenvalue weighted by Gasteiger charge is -2.33. The number of amides is 1. The fourth-order valence-electron chi connectivity index (χ4n) is 2.97. The number of ether oxygens (including phenoxy) is 1. The van der Waals surface area contributed by atoms with E-state index in [4.69, 9.17) is 4.74 Å². The van der Waals surface area contributed by atoms with Gasteiger partial charge in [-0.15, -0.1) is 0 Å². The van der Waals surface area contributed by atoms with Gasteiger partial charge in [-0.05, 0) is 24.6 Å². The summed E-state index contributed by atoms with van der Waals surface area (Å²) in [6, 6.07) is 5.23. The molecule has 1 aromatic carbocycles. The summed E-state index contributed by atoms with van der Waals surface area (Å²) in [5, 5.41) is 20.0. The number of hydrogen-bond donors (Lipinski definition) is 2. The summed E-state index contributed by atoms with van der Waals surface area (Å²) in [6.07, 6.45) is 0.256. The van der Waals surface area contributed by atoms with E-state index in [1.807, 2.05) is 13.0 Å². The number of nitrogens with zero attached hydrogens (tertiary/aromatic N) is 1. The second-order valence-electron chi connectivity index (χ2n) is 5.70. The average molecular weight is 279 g/mol. The van der Waals surface area contributed by atoms with E-state index in [2.05, 4.69) is 0 Å². The molecule has 0 aliphatic carbocycles. The van der Waals surface area contributed by atoms with Crippen molar-refractivity contribution in [2.75, 3.05) is 20.2 Å². The summed E-state index contributed by atoms with van der Waals surface area (Å²) in [5.74, 6) is 0.463. The van der Waals surface area contributed by atoms with E-state index in [0.29, 0.717) is 18.8 Å². The van der Waals surface area contributed by atoms with E-state index >= 15 is 0 Å². The van der Waals surface area contributed by atoms with Crippen LogP contribution in [0.1, 0.15) is 25.3 Å². The molecule has 0 radical (unpaired) electrons. The minimum absolute atomic E-state index is 0.0236. The molecule has 1 amide bonds. The molecule has 2 N–H and O–H groups in total. The van der Waals surface area contributed by atoms with Gasteiger partial charge in [0.15, 0.2) is 11.5 Å². The highest BCUT2D eigenvalue weighted by Gasteiger charge is 2.46. The summed E-state index contributed by atoms with van der Waals surface area (Å²) in [7, 11) is 1.50. The molecule has 1 fully saturated rings. The van der Waals surface area contributed by atoms with Crippen molar-refractivity contribution >= 4 is 6.41 Å². The van der Waals surface area contributed by atoms with Gasteiger partial charge in [0.1, 0.15) is 0 Å². The zero-order valence-electron chi connectivity index (χ0n) is 12.0. The molecule has 0 saturated carbocycles. The second-order valence-corrected chi connectivity index (χ2v) is 5.70. The first-order valence-corrected chi connectivity index (χ1v) is 6.66. The highest BCUT2D eigenvalue weighted by molar-refractivity contribution is 5.50. The molecule has 1 saturated heterocycles. The molecular weight excluding hydrogens is 258 g/mol. The molecule has 1 aliphatic rings. The van der Waals surface area contributed by atoms with Crippen molar-refractivity contribution in [2.24, 2.45) is 5.41 Å². The highest BCUT2D eigenvalue weighted by Crippen LogP contribution is 2.46. The van der Waals surface area contributed by atoms with Crippen LogP contribution in [0.3, 0.4) is 0 Å². The fourth-order valence-corrected chi connectivity index (χ4v) is 2.97. The molecule has 0 bridgehead atoms. The Morgan fingerprint density at radius 1 is 1.55 bits per heavy atom. The predicted octanol–water partition coefficient (Wildman–Crippen LogP) is 1.34. The molecule has 1 unspecified atom stereocenters. The Kier molecular flexibility index (Phi) is 3.90. The average Bonchev–Trinajstić information content (AvgIpc) is 2.77. The predicted molar refractivity (Wildman–Crippen MR) is 74.8 cm³/mol. The highest BCUT2D eigenvalue weighted by atomic mass is 16.5. The monoisotopic (exact) mass is 279 g/mol. The second kappa shape index (κ2) is 5.32. The molecule has 5 heteroatoms. The maximum atomic E-state index is 11.0. The van der Waals surface area contributed by atoms with E-state index in [9.17, 15) is 15.0 Å². The van der Waals surface area contributed by atoms with Crippen LogP contribution in [0.4, 0.5) is 0 Å². The van der Waals surface area contributed by atoms with Gasteiger partial charge < -0.3 is 19.8 Å². The number of hydrogen-bond acceptors (Lipinski definition) is 4.